The first kappa shape index (κ1) is 17.5. The maximum atomic E-state index is 12.3. The van der Waals surface area contributed by atoms with Gasteiger partial charge in [0.2, 0.25) is 5.91 Å². The predicted molar refractivity (Wildman–Crippen MR) is 92.7 cm³/mol. The smallest absolute Gasteiger partial charge is 0.315 e. The van der Waals surface area contributed by atoms with Crippen LogP contribution in [0.1, 0.15) is 25.3 Å². The van der Waals surface area contributed by atoms with Gasteiger partial charge in [0.25, 0.3) is 0 Å². The Kier molecular flexibility index (Phi) is 5.43. The Labute approximate surface area is 147 Å². The molecule has 3 rings (SSSR count). The fourth-order valence-electron chi connectivity index (χ4n) is 3.39. The molecule has 0 aliphatic carbocycles. The number of rotatable bonds is 6. The molecule has 2 aliphatic heterocycles. The first-order valence-corrected chi connectivity index (χ1v) is 8.76. The monoisotopic (exact) mass is 347 g/mol. The highest BCUT2D eigenvalue weighted by Crippen LogP contribution is 2.35. The second-order valence-corrected chi connectivity index (χ2v) is 6.47. The zero-order valence-electron chi connectivity index (χ0n) is 14.5. The lowest BCUT2D eigenvalue weighted by Gasteiger charge is -2.38. The molecular weight excluding hydrogens is 322 g/mol. The van der Waals surface area contributed by atoms with Crippen molar-refractivity contribution in [3.05, 3.63) is 29.8 Å². The van der Waals surface area contributed by atoms with Crippen LogP contribution in [0.5, 0.6) is 5.75 Å². The summed E-state index contributed by atoms with van der Waals surface area (Å²) >= 11 is 0. The van der Waals surface area contributed by atoms with Gasteiger partial charge in [0, 0.05) is 31.7 Å². The van der Waals surface area contributed by atoms with Crippen molar-refractivity contribution in [1.82, 2.24) is 16.0 Å². The van der Waals surface area contributed by atoms with Crippen molar-refractivity contribution in [1.29, 1.82) is 0 Å². The van der Waals surface area contributed by atoms with Crippen molar-refractivity contribution in [3.63, 3.8) is 0 Å². The maximum absolute atomic E-state index is 12.3. The molecule has 0 saturated carbocycles. The van der Waals surface area contributed by atoms with Gasteiger partial charge >= 0.3 is 6.03 Å². The Morgan fingerprint density at radius 3 is 2.64 bits per heavy atom. The van der Waals surface area contributed by atoms with Crippen LogP contribution in [0, 0.1) is 0 Å². The number of nitrogens with one attached hydrogen (secondary N) is 3. The summed E-state index contributed by atoms with van der Waals surface area (Å²) in [5.41, 5.74) is 1.02. The third-order valence-electron chi connectivity index (χ3n) is 4.92. The second-order valence-electron chi connectivity index (χ2n) is 6.47. The van der Waals surface area contributed by atoms with E-state index in [1.165, 1.54) is 5.56 Å². The van der Waals surface area contributed by atoms with Crippen LogP contribution < -0.4 is 20.7 Å². The lowest BCUT2D eigenvalue weighted by atomic mass is 9.74. The number of hydrogen-bond donors (Lipinski definition) is 3. The average Bonchev–Trinajstić information content (AvgIpc) is 3.08. The third-order valence-corrected chi connectivity index (χ3v) is 4.92. The number of ether oxygens (including phenoxy) is 2. The van der Waals surface area contributed by atoms with Gasteiger partial charge < -0.3 is 25.4 Å². The minimum absolute atomic E-state index is 0.157. The van der Waals surface area contributed by atoms with E-state index in [4.69, 9.17) is 9.47 Å². The normalized spacial score (nSPS) is 22.0. The van der Waals surface area contributed by atoms with Gasteiger partial charge in [0.15, 0.2) is 0 Å². The Bertz CT molecular complexity index is 611. The molecule has 0 spiro atoms. The highest BCUT2D eigenvalue weighted by Gasteiger charge is 2.36. The summed E-state index contributed by atoms with van der Waals surface area (Å²) in [7, 11) is 0. The van der Waals surface area contributed by atoms with Gasteiger partial charge in [0.05, 0.1) is 6.61 Å². The van der Waals surface area contributed by atoms with Crippen molar-refractivity contribution < 1.29 is 19.1 Å². The highest BCUT2D eigenvalue weighted by atomic mass is 16.5. The Hall–Kier alpha value is -2.28. The van der Waals surface area contributed by atoms with Gasteiger partial charge in [-0.1, -0.05) is 12.1 Å². The molecule has 25 heavy (non-hydrogen) atoms. The van der Waals surface area contributed by atoms with E-state index in [0.717, 1.165) is 18.6 Å². The number of hydrogen-bond acceptors (Lipinski definition) is 4. The number of benzene rings is 1. The quantitative estimate of drug-likeness (QED) is 0.714. The van der Waals surface area contributed by atoms with Crippen molar-refractivity contribution in [3.8, 4) is 5.75 Å². The lowest BCUT2D eigenvalue weighted by Crippen LogP contribution is -2.49. The van der Waals surface area contributed by atoms with E-state index in [-0.39, 0.29) is 17.4 Å². The summed E-state index contributed by atoms with van der Waals surface area (Å²) in [6.45, 7) is 4.78. The minimum Gasteiger partial charge on any atom is -0.494 e. The van der Waals surface area contributed by atoms with Gasteiger partial charge in [-0.2, -0.15) is 0 Å². The fraction of sp³-hybridized carbons (Fsp3) is 0.556. The number of carbonyl (C=O) groups is 2. The molecule has 2 heterocycles. The van der Waals surface area contributed by atoms with Crippen LogP contribution in [-0.4, -0.2) is 50.9 Å². The van der Waals surface area contributed by atoms with Crippen LogP contribution in [0.4, 0.5) is 4.79 Å². The number of urea groups is 1. The van der Waals surface area contributed by atoms with Crippen molar-refractivity contribution >= 4 is 11.9 Å². The second kappa shape index (κ2) is 7.74. The Morgan fingerprint density at radius 2 is 2.04 bits per heavy atom. The molecule has 3 N–H and O–H groups in total. The molecule has 7 heteroatoms. The zero-order valence-corrected chi connectivity index (χ0v) is 14.5. The first-order valence-electron chi connectivity index (χ1n) is 8.76. The number of carbonyl (C=O) groups excluding carboxylic acids is 2. The molecule has 136 valence electrons. The summed E-state index contributed by atoms with van der Waals surface area (Å²) in [5.74, 6) is 0.687. The van der Waals surface area contributed by atoms with Crippen LogP contribution in [0.15, 0.2) is 24.3 Å². The molecule has 0 bridgehead atoms. The van der Waals surface area contributed by atoms with Crippen LogP contribution in [0.25, 0.3) is 0 Å². The van der Waals surface area contributed by atoms with Crippen molar-refractivity contribution in [2.45, 2.75) is 31.2 Å². The molecule has 0 aromatic heterocycles. The Morgan fingerprint density at radius 1 is 1.32 bits per heavy atom. The molecule has 1 aromatic rings. The molecule has 0 radical (unpaired) electrons. The van der Waals surface area contributed by atoms with Gasteiger partial charge in [-0.15, -0.1) is 0 Å². The summed E-state index contributed by atoms with van der Waals surface area (Å²) in [5, 5.41) is 8.23. The predicted octanol–water partition coefficient (Wildman–Crippen LogP) is 0.931. The fourth-order valence-corrected chi connectivity index (χ4v) is 3.39. The van der Waals surface area contributed by atoms with Crippen LogP contribution in [0.2, 0.25) is 0 Å². The molecule has 2 fully saturated rings. The lowest BCUT2D eigenvalue weighted by molar-refractivity contribution is -0.122. The molecule has 3 amide bonds. The zero-order chi connectivity index (χ0) is 17.7. The highest BCUT2D eigenvalue weighted by molar-refractivity contribution is 5.90. The summed E-state index contributed by atoms with van der Waals surface area (Å²) in [6.07, 6.45) is 1.69. The minimum atomic E-state index is -0.510. The van der Waals surface area contributed by atoms with E-state index in [1.54, 1.807) is 0 Å². The van der Waals surface area contributed by atoms with E-state index in [0.29, 0.717) is 32.9 Å². The molecule has 1 atom stereocenters. The van der Waals surface area contributed by atoms with E-state index >= 15 is 0 Å². The van der Waals surface area contributed by atoms with E-state index in [1.807, 2.05) is 19.1 Å². The van der Waals surface area contributed by atoms with Gasteiger partial charge in [0.1, 0.15) is 11.8 Å². The topological polar surface area (TPSA) is 88.7 Å². The molecular formula is C18H25N3O4. The standard InChI is InChI=1S/C18H25N3O4/c1-2-25-14-5-3-13(4-6-14)18(7-9-24-10-8-18)12-20-16(22)15-11-19-17(23)21-15/h3-6,15H,2,7-12H2,1H3,(H,20,22)(H2,19,21,23). The molecule has 1 aromatic carbocycles. The summed E-state index contributed by atoms with van der Waals surface area (Å²) < 4.78 is 11.0. The molecule has 1 unspecified atom stereocenters. The first-order chi connectivity index (χ1) is 12.1. The third kappa shape index (κ3) is 4.04. The summed E-state index contributed by atoms with van der Waals surface area (Å²) in [4.78, 5) is 23.5. The maximum Gasteiger partial charge on any atom is 0.315 e. The van der Waals surface area contributed by atoms with E-state index < -0.39 is 6.04 Å². The SMILES string of the molecule is CCOc1ccc(C2(CNC(=O)C3CNC(=O)N3)CCOCC2)cc1. The van der Waals surface area contributed by atoms with Crippen LogP contribution in [-0.2, 0) is 14.9 Å². The average molecular weight is 347 g/mol. The largest absolute Gasteiger partial charge is 0.494 e. The van der Waals surface area contributed by atoms with Gasteiger partial charge in [-0.25, -0.2) is 4.79 Å². The summed E-state index contributed by atoms with van der Waals surface area (Å²) in [6, 6.07) is 7.28. The van der Waals surface area contributed by atoms with Crippen LogP contribution in [0.3, 0.4) is 0 Å². The van der Waals surface area contributed by atoms with E-state index in [2.05, 4.69) is 28.1 Å². The van der Waals surface area contributed by atoms with Gasteiger partial charge in [-0.05, 0) is 37.5 Å². The molecule has 2 aliphatic rings. The Balaban J connectivity index is 1.70. The molecule has 7 nitrogen and oxygen atoms in total. The van der Waals surface area contributed by atoms with Crippen molar-refractivity contribution in [2.75, 3.05) is 32.9 Å². The molecule has 2 saturated heterocycles. The van der Waals surface area contributed by atoms with Gasteiger partial charge in [-0.3, -0.25) is 4.79 Å². The van der Waals surface area contributed by atoms with E-state index in [9.17, 15) is 9.59 Å². The number of amides is 3. The van der Waals surface area contributed by atoms with Crippen molar-refractivity contribution in [2.24, 2.45) is 0 Å². The van der Waals surface area contributed by atoms with Crippen LogP contribution >= 0.6 is 0 Å².